The molecule has 0 spiro atoms. The second-order valence-electron chi connectivity index (χ2n) is 7.03. The van der Waals surface area contributed by atoms with Gasteiger partial charge in [-0.25, -0.2) is 0 Å². The number of fused-ring (bicyclic) bond motifs is 1. The van der Waals surface area contributed by atoms with Crippen molar-refractivity contribution in [3.05, 3.63) is 72.6 Å². The minimum Gasteiger partial charge on any atom is -0.493 e. The number of carbonyl (C=O) groups is 1. The van der Waals surface area contributed by atoms with E-state index in [1.807, 2.05) is 43.3 Å². The number of carbonyl (C=O) groups excluding carboxylic acids is 1. The number of methoxy groups -OCH3 is 2. The van der Waals surface area contributed by atoms with Crippen LogP contribution < -0.4 is 20.1 Å². The summed E-state index contributed by atoms with van der Waals surface area (Å²) in [5, 5.41) is 6.32. The summed E-state index contributed by atoms with van der Waals surface area (Å²) < 4.78 is 10.7. The Morgan fingerprint density at radius 1 is 0.967 bits per heavy atom. The summed E-state index contributed by atoms with van der Waals surface area (Å²) in [6.07, 6.45) is 5.49. The van der Waals surface area contributed by atoms with Gasteiger partial charge in [0.15, 0.2) is 11.5 Å². The molecule has 0 bridgehead atoms. The zero-order chi connectivity index (χ0) is 21.1. The van der Waals surface area contributed by atoms with E-state index in [1.165, 1.54) is 0 Å². The number of aromatic nitrogens is 1. The SMILES string of the molecule is COc1cc2c(cc1OC)C(=CC(C)Nc1ccc(-c3ccncc3)cc1)C(=O)N2. The van der Waals surface area contributed by atoms with E-state index in [-0.39, 0.29) is 11.9 Å². The summed E-state index contributed by atoms with van der Waals surface area (Å²) in [5.74, 6) is 1.03. The maximum absolute atomic E-state index is 12.5. The van der Waals surface area contributed by atoms with E-state index in [0.29, 0.717) is 17.1 Å². The van der Waals surface area contributed by atoms with Gasteiger partial charge in [-0.15, -0.1) is 0 Å². The van der Waals surface area contributed by atoms with Crippen LogP contribution in [0.25, 0.3) is 16.7 Å². The van der Waals surface area contributed by atoms with Crippen LogP contribution in [0.1, 0.15) is 12.5 Å². The van der Waals surface area contributed by atoms with Gasteiger partial charge in [-0.1, -0.05) is 12.1 Å². The highest BCUT2D eigenvalue weighted by molar-refractivity contribution is 6.31. The lowest BCUT2D eigenvalue weighted by Crippen LogP contribution is -2.14. The van der Waals surface area contributed by atoms with Crippen molar-refractivity contribution in [2.75, 3.05) is 24.9 Å². The first-order valence-corrected chi connectivity index (χ1v) is 9.65. The molecule has 0 saturated heterocycles. The van der Waals surface area contributed by atoms with Crippen LogP contribution in [-0.4, -0.2) is 31.2 Å². The molecule has 1 atom stereocenters. The average Bonchev–Trinajstić information content (AvgIpc) is 3.07. The zero-order valence-electron chi connectivity index (χ0n) is 17.1. The largest absolute Gasteiger partial charge is 0.493 e. The molecule has 1 aliphatic heterocycles. The minimum atomic E-state index is -0.137. The summed E-state index contributed by atoms with van der Waals surface area (Å²) in [6, 6.07) is 15.7. The fourth-order valence-electron chi connectivity index (χ4n) is 3.54. The summed E-state index contributed by atoms with van der Waals surface area (Å²) in [4.78, 5) is 16.6. The van der Waals surface area contributed by atoms with Gasteiger partial charge in [-0.05, 0) is 54.5 Å². The highest BCUT2D eigenvalue weighted by Crippen LogP contribution is 2.40. The number of nitrogens with one attached hydrogen (secondary N) is 2. The molecule has 152 valence electrons. The monoisotopic (exact) mass is 401 g/mol. The van der Waals surface area contributed by atoms with Crippen molar-refractivity contribution in [1.82, 2.24) is 4.98 Å². The number of anilines is 2. The molecule has 2 heterocycles. The Labute approximate surface area is 175 Å². The van der Waals surface area contributed by atoms with E-state index in [4.69, 9.17) is 9.47 Å². The Morgan fingerprint density at radius 3 is 2.27 bits per heavy atom. The molecule has 30 heavy (non-hydrogen) atoms. The number of nitrogens with zero attached hydrogens (tertiary/aromatic N) is 1. The summed E-state index contributed by atoms with van der Waals surface area (Å²) in [6.45, 7) is 2.01. The molecule has 0 aliphatic carbocycles. The van der Waals surface area contributed by atoms with Gasteiger partial charge >= 0.3 is 0 Å². The first kappa shape index (κ1) is 19.5. The van der Waals surface area contributed by atoms with Gasteiger partial charge in [0.25, 0.3) is 5.91 Å². The van der Waals surface area contributed by atoms with E-state index in [9.17, 15) is 4.79 Å². The van der Waals surface area contributed by atoms with Crippen molar-refractivity contribution < 1.29 is 14.3 Å². The van der Waals surface area contributed by atoms with Gasteiger partial charge in [0, 0.05) is 41.3 Å². The molecular formula is C24H23N3O3. The summed E-state index contributed by atoms with van der Waals surface area (Å²) in [7, 11) is 3.15. The Hall–Kier alpha value is -3.80. The van der Waals surface area contributed by atoms with Gasteiger partial charge in [0.1, 0.15) is 0 Å². The fourth-order valence-corrected chi connectivity index (χ4v) is 3.54. The first-order chi connectivity index (χ1) is 14.6. The Bertz CT molecular complexity index is 1090. The third-order valence-electron chi connectivity index (χ3n) is 5.02. The van der Waals surface area contributed by atoms with Crippen molar-refractivity contribution in [3.8, 4) is 22.6 Å². The van der Waals surface area contributed by atoms with Gasteiger partial charge in [0.2, 0.25) is 0 Å². The number of pyridine rings is 1. The van der Waals surface area contributed by atoms with Gasteiger partial charge in [-0.3, -0.25) is 9.78 Å². The average molecular weight is 401 g/mol. The van der Waals surface area contributed by atoms with Crippen molar-refractivity contribution >= 4 is 22.9 Å². The predicted octanol–water partition coefficient (Wildman–Crippen LogP) is 4.60. The third kappa shape index (κ3) is 3.85. The van der Waals surface area contributed by atoms with Gasteiger partial charge < -0.3 is 20.1 Å². The number of amides is 1. The Balaban J connectivity index is 1.54. The topological polar surface area (TPSA) is 72.5 Å². The van der Waals surface area contributed by atoms with Crippen LogP contribution in [0.2, 0.25) is 0 Å². The molecule has 2 aromatic carbocycles. The Morgan fingerprint density at radius 2 is 1.60 bits per heavy atom. The molecule has 0 saturated carbocycles. The molecule has 1 aliphatic rings. The second kappa shape index (κ2) is 8.29. The molecule has 1 unspecified atom stereocenters. The van der Waals surface area contributed by atoms with Gasteiger partial charge in [-0.2, -0.15) is 0 Å². The molecule has 6 heteroatoms. The van der Waals surface area contributed by atoms with Crippen LogP contribution in [-0.2, 0) is 4.79 Å². The quantitative estimate of drug-likeness (QED) is 0.591. The van der Waals surface area contributed by atoms with Crippen molar-refractivity contribution in [3.63, 3.8) is 0 Å². The number of benzene rings is 2. The normalized spacial score (nSPS) is 14.8. The molecule has 1 aromatic heterocycles. The van der Waals surface area contributed by atoms with Crippen LogP contribution in [0.3, 0.4) is 0 Å². The predicted molar refractivity (Wildman–Crippen MR) is 119 cm³/mol. The summed E-state index contributed by atoms with van der Waals surface area (Å²) in [5.41, 5.74) is 5.36. The smallest absolute Gasteiger partial charge is 0.256 e. The maximum Gasteiger partial charge on any atom is 0.256 e. The molecular weight excluding hydrogens is 378 g/mol. The molecule has 3 aromatic rings. The lowest BCUT2D eigenvalue weighted by atomic mass is 10.0. The van der Waals surface area contributed by atoms with Crippen LogP contribution in [0, 0.1) is 0 Å². The van der Waals surface area contributed by atoms with E-state index in [1.54, 1.807) is 32.7 Å². The lowest BCUT2D eigenvalue weighted by molar-refractivity contribution is -0.110. The van der Waals surface area contributed by atoms with Crippen LogP contribution in [0.5, 0.6) is 11.5 Å². The molecule has 6 nitrogen and oxygen atoms in total. The Kier molecular flexibility index (Phi) is 5.39. The number of ether oxygens (including phenoxy) is 2. The molecule has 4 rings (SSSR count). The maximum atomic E-state index is 12.5. The van der Waals surface area contributed by atoms with Crippen LogP contribution >= 0.6 is 0 Å². The van der Waals surface area contributed by atoms with Crippen molar-refractivity contribution in [1.29, 1.82) is 0 Å². The van der Waals surface area contributed by atoms with E-state index < -0.39 is 0 Å². The first-order valence-electron chi connectivity index (χ1n) is 9.65. The van der Waals surface area contributed by atoms with Crippen LogP contribution in [0.4, 0.5) is 11.4 Å². The highest BCUT2D eigenvalue weighted by atomic mass is 16.5. The summed E-state index contributed by atoms with van der Waals surface area (Å²) >= 11 is 0. The standard InChI is InChI=1S/C24H23N3O3/c1-15(26-18-6-4-16(5-7-18)17-8-10-25-11-9-17)12-20-19-13-22(29-2)23(30-3)14-21(19)27-24(20)28/h4-15,26H,1-3H3,(H,27,28). The second-order valence-corrected chi connectivity index (χ2v) is 7.03. The van der Waals surface area contributed by atoms with Crippen LogP contribution in [0.15, 0.2) is 67.0 Å². The third-order valence-corrected chi connectivity index (χ3v) is 5.02. The highest BCUT2D eigenvalue weighted by Gasteiger charge is 2.27. The number of rotatable bonds is 6. The molecule has 2 N–H and O–H groups in total. The van der Waals surface area contributed by atoms with Crippen molar-refractivity contribution in [2.45, 2.75) is 13.0 Å². The zero-order valence-corrected chi connectivity index (χ0v) is 17.1. The fraction of sp³-hybridized carbons (Fsp3) is 0.167. The van der Waals surface area contributed by atoms with E-state index >= 15 is 0 Å². The molecule has 0 radical (unpaired) electrons. The number of hydrogen-bond donors (Lipinski definition) is 2. The molecule has 1 amide bonds. The van der Waals surface area contributed by atoms with Crippen molar-refractivity contribution in [2.24, 2.45) is 0 Å². The minimum absolute atomic E-state index is 0.0587. The number of hydrogen-bond acceptors (Lipinski definition) is 5. The van der Waals surface area contributed by atoms with E-state index in [2.05, 4.69) is 27.8 Å². The van der Waals surface area contributed by atoms with Gasteiger partial charge in [0.05, 0.1) is 19.9 Å². The molecule has 0 fully saturated rings. The van der Waals surface area contributed by atoms with E-state index in [0.717, 1.165) is 28.1 Å². The lowest BCUT2D eigenvalue weighted by Gasteiger charge is -2.13.